The number of aryl methyl sites for hydroxylation is 1. The summed E-state index contributed by atoms with van der Waals surface area (Å²) in [5, 5.41) is 13.8. The number of nitrogens with one attached hydrogen (secondary N) is 1. The summed E-state index contributed by atoms with van der Waals surface area (Å²) in [5.74, 6) is 0.895. The first-order valence-electron chi connectivity index (χ1n) is 6.32. The van der Waals surface area contributed by atoms with Crippen molar-refractivity contribution in [2.75, 3.05) is 6.54 Å². The van der Waals surface area contributed by atoms with Crippen molar-refractivity contribution >= 4 is 11.6 Å². The van der Waals surface area contributed by atoms with Crippen LogP contribution in [0.1, 0.15) is 24.0 Å². The maximum Gasteiger partial charge on any atom is 0.136 e. The van der Waals surface area contributed by atoms with Gasteiger partial charge in [-0.25, -0.2) is 4.39 Å². The van der Waals surface area contributed by atoms with E-state index in [1.165, 1.54) is 12.1 Å². The molecule has 0 fully saturated rings. The van der Waals surface area contributed by atoms with Crippen LogP contribution < -0.4 is 5.32 Å². The van der Waals surface area contributed by atoms with Gasteiger partial charge in [0.1, 0.15) is 22.9 Å². The van der Waals surface area contributed by atoms with Crippen LogP contribution in [0.3, 0.4) is 0 Å². The second-order valence-corrected chi connectivity index (χ2v) is 5.43. The zero-order valence-electron chi connectivity index (χ0n) is 11.4. The van der Waals surface area contributed by atoms with E-state index < -0.39 is 5.60 Å². The van der Waals surface area contributed by atoms with Crippen LogP contribution in [0.25, 0.3) is 0 Å². The first-order chi connectivity index (χ1) is 9.38. The number of hydrogen-bond acceptors (Lipinski definition) is 3. The normalized spacial score (nSPS) is 14.2. The molecule has 1 aromatic heterocycles. The fourth-order valence-corrected chi connectivity index (χ4v) is 2.15. The van der Waals surface area contributed by atoms with Crippen molar-refractivity contribution in [1.82, 2.24) is 5.32 Å². The predicted octanol–water partition coefficient (Wildman–Crippen LogP) is 3.38. The molecule has 1 unspecified atom stereocenters. The summed E-state index contributed by atoms with van der Waals surface area (Å²) in [4.78, 5) is 0. The van der Waals surface area contributed by atoms with Gasteiger partial charge < -0.3 is 14.8 Å². The summed E-state index contributed by atoms with van der Waals surface area (Å²) in [6, 6.07) is 7.81. The molecule has 0 spiro atoms. The minimum absolute atomic E-state index is 0.299. The number of aliphatic hydroxyl groups is 1. The van der Waals surface area contributed by atoms with Gasteiger partial charge in [-0.3, -0.25) is 0 Å². The number of rotatable bonds is 5. The molecule has 0 aliphatic heterocycles. The molecular weight excluding hydrogens is 281 g/mol. The van der Waals surface area contributed by atoms with Gasteiger partial charge in [0.25, 0.3) is 0 Å². The molecule has 0 saturated carbocycles. The van der Waals surface area contributed by atoms with Crippen molar-refractivity contribution in [2.24, 2.45) is 0 Å². The van der Waals surface area contributed by atoms with E-state index in [0.29, 0.717) is 23.9 Å². The molecule has 0 aliphatic carbocycles. The van der Waals surface area contributed by atoms with E-state index in [0.717, 1.165) is 11.3 Å². The largest absolute Gasteiger partial charge is 0.463 e. The van der Waals surface area contributed by atoms with Crippen molar-refractivity contribution in [2.45, 2.75) is 26.0 Å². The van der Waals surface area contributed by atoms with Crippen LogP contribution in [-0.2, 0) is 12.1 Å². The van der Waals surface area contributed by atoms with Crippen LogP contribution in [0, 0.1) is 12.7 Å². The summed E-state index contributed by atoms with van der Waals surface area (Å²) in [5.41, 5.74) is -0.333. The lowest BCUT2D eigenvalue weighted by Crippen LogP contribution is -2.34. The van der Waals surface area contributed by atoms with Crippen molar-refractivity contribution in [3.8, 4) is 0 Å². The minimum atomic E-state index is -1.11. The van der Waals surface area contributed by atoms with Gasteiger partial charge in [-0.1, -0.05) is 17.7 Å². The van der Waals surface area contributed by atoms with Gasteiger partial charge in [-0.05, 0) is 43.7 Å². The van der Waals surface area contributed by atoms with E-state index in [1.807, 2.05) is 6.92 Å². The summed E-state index contributed by atoms with van der Waals surface area (Å²) in [7, 11) is 0. The average Bonchev–Trinajstić information content (AvgIpc) is 2.79. The number of halogens is 2. The molecule has 0 bridgehead atoms. The fraction of sp³-hybridized carbons (Fsp3) is 0.333. The summed E-state index contributed by atoms with van der Waals surface area (Å²) in [6.45, 7) is 4.23. The molecule has 5 heteroatoms. The molecule has 2 aromatic rings. The average molecular weight is 298 g/mol. The molecule has 1 aromatic carbocycles. The lowest BCUT2D eigenvalue weighted by molar-refractivity contribution is 0.0333. The van der Waals surface area contributed by atoms with E-state index in [2.05, 4.69) is 5.32 Å². The maximum atomic E-state index is 12.9. The van der Waals surface area contributed by atoms with E-state index in [4.69, 9.17) is 16.0 Å². The standard InChI is InChI=1S/C15H17ClFNO2/c1-10-3-6-14(20-10)15(2,19)9-18-8-11-4-5-12(17)7-13(11)16/h3-7,18-19H,8-9H2,1-2H3. The SMILES string of the molecule is Cc1ccc(C(C)(O)CNCc2ccc(F)cc2Cl)o1. The predicted molar refractivity (Wildman–Crippen MR) is 76.1 cm³/mol. The maximum absolute atomic E-state index is 12.9. The Balaban J connectivity index is 1.95. The highest BCUT2D eigenvalue weighted by Crippen LogP contribution is 2.22. The Hall–Kier alpha value is -1.36. The smallest absolute Gasteiger partial charge is 0.136 e. The number of hydrogen-bond donors (Lipinski definition) is 2. The zero-order valence-corrected chi connectivity index (χ0v) is 12.2. The van der Waals surface area contributed by atoms with Crippen LogP contribution in [0.2, 0.25) is 5.02 Å². The molecule has 108 valence electrons. The van der Waals surface area contributed by atoms with Gasteiger partial charge in [0.15, 0.2) is 0 Å². The molecule has 1 heterocycles. The van der Waals surface area contributed by atoms with Gasteiger partial charge >= 0.3 is 0 Å². The summed E-state index contributed by atoms with van der Waals surface area (Å²) in [6.07, 6.45) is 0. The Labute approximate surface area is 122 Å². The Bertz CT molecular complexity index is 595. The topological polar surface area (TPSA) is 45.4 Å². The van der Waals surface area contributed by atoms with E-state index >= 15 is 0 Å². The van der Waals surface area contributed by atoms with Crippen molar-refractivity contribution < 1.29 is 13.9 Å². The highest BCUT2D eigenvalue weighted by molar-refractivity contribution is 6.31. The third kappa shape index (κ3) is 3.60. The Morgan fingerprint density at radius 1 is 1.35 bits per heavy atom. The fourth-order valence-electron chi connectivity index (χ4n) is 1.92. The van der Waals surface area contributed by atoms with E-state index in [9.17, 15) is 9.50 Å². The van der Waals surface area contributed by atoms with E-state index in [1.54, 1.807) is 25.1 Å². The molecule has 0 amide bonds. The second-order valence-electron chi connectivity index (χ2n) is 5.02. The lowest BCUT2D eigenvalue weighted by atomic mass is 10.0. The quantitative estimate of drug-likeness (QED) is 0.889. The van der Waals surface area contributed by atoms with Crippen LogP contribution >= 0.6 is 11.6 Å². The van der Waals surface area contributed by atoms with Crippen molar-refractivity contribution in [1.29, 1.82) is 0 Å². The number of furan rings is 1. The molecular formula is C15H17ClFNO2. The van der Waals surface area contributed by atoms with Gasteiger partial charge in [0, 0.05) is 18.1 Å². The molecule has 0 radical (unpaired) electrons. The first kappa shape index (κ1) is 15.0. The Morgan fingerprint density at radius 2 is 2.10 bits per heavy atom. The highest BCUT2D eigenvalue weighted by atomic mass is 35.5. The Morgan fingerprint density at radius 3 is 2.70 bits per heavy atom. The summed E-state index contributed by atoms with van der Waals surface area (Å²) < 4.78 is 18.4. The van der Waals surface area contributed by atoms with Gasteiger partial charge in [0.2, 0.25) is 0 Å². The summed E-state index contributed by atoms with van der Waals surface area (Å²) >= 11 is 5.94. The lowest BCUT2D eigenvalue weighted by Gasteiger charge is -2.21. The molecule has 3 nitrogen and oxygen atoms in total. The third-order valence-corrected chi connectivity index (χ3v) is 3.42. The van der Waals surface area contributed by atoms with Gasteiger partial charge in [0.05, 0.1) is 0 Å². The molecule has 2 rings (SSSR count). The minimum Gasteiger partial charge on any atom is -0.463 e. The molecule has 1 atom stereocenters. The van der Waals surface area contributed by atoms with Crippen LogP contribution in [0.15, 0.2) is 34.7 Å². The third-order valence-electron chi connectivity index (χ3n) is 3.07. The van der Waals surface area contributed by atoms with Crippen molar-refractivity contribution in [3.63, 3.8) is 0 Å². The van der Waals surface area contributed by atoms with Gasteiger partial charge in [-0.15, -0.1) is 0 Å². The zero-order chi connectivity index (χ0) is 14.8. The molecule has 0 aliphatic rings. The number of benzene rings is 1. The monoisotopic (exact) mass is 297 g/mol. The van der Waals surface area contributed by atoms with E-state index in [-0.39, 0.29) is 5.82 Å². The Kier molecular flexibility index (Phi) is 4.48. The molecule has 20 heavy (non-hydrogen) atoms. The van der Waals surface area contributed by atoms with Crippen LogP contribution in [-0.4, -0.2) is 11.7 Å². The molecule has 0 saturated heterocycles. The van der Waals surface area contributed by atoms with Crippen molar-refractivity contribution in [3.05, 3.63) is 58.3 Å². The van der Waals surface area contributed by atoms with Crippen LogP contribution in [0.5, 0.6) is 0 Å². The second kappa shape index (κ2) is 5.95. The van der Waals surface area contributed by atoms with Gasteiger partial charge in [-0.2, -0.15) is 0 Å². The molecule has 2 N–H and O–H groups in total. The highest BCUT2D eigenvalue weighted by Gasteiger charge is 2.26. The first-order valence-corrected chi connectivity index (χ1v) is 6.70. The van der Waals surface area contributed by atoms with Crippen LogP contribution in [0.4, 0.5) is 4.39 Å².